The number of hydrogen-bond donors (Lipinski definition) is 6. The van der Waals surface area contributed by atoms with Crippen molar-refractivity contribution in [2.24, 2.45) is 0 Å². The van der Waals surface area contributed by atoms with Crippen LogP contribution in [0.1, 0.15) is 27.7 Å². The summed E-state index contributed by atoms with van der Waals surface area (Å²) in [5.74, 6) is -3.74. The largest absolute Gasteiger partial charge is 0.478 e. The van der Waals surface area contributed by atoms with Gasteiger partial charge >= 0.3 is 23.9 Å². The van der Waals surface area contributed by atoms with Gasteiger partial charge < -0.3 is 40.1 Å². The van der Waals surface area contributed by atoms with Crippen molar-refractivity contribution in [1.82, 2.24) is 0 Å². The minimum atomic E-state index is -0.935. The molecule has 0 aromatic carbocycles. The Morgan fingerprint density at radius 3 is 0.735 bits per heavy atom. The zero-order valence-corrected chi connectivity index (χ0v) is 20.2. The summed E-state index contributed by atoms with van der Waals surface area (Å²) in [6.07, 6.45) is 0. The van der Waals surface area contributed by atoms with Gasteiger partial charge in [-0.2, -0.15) is 0 Å². The topological polar surface area (TPSA) is 208 Å². The maximum atomic E-state index is 9.60. The Morgan fingerprint density at radius 1 is 0.500 bits per heavy atom. The van der Waals surface area contributed by atoms with Crippen molar-refractivity contribution in [1.29, 1.82) is 0 Å². The molecule has 0 aromatic rings. The molecule has 12 nitrogen and oxygen atoms in total. The van der Waals surface area contributed by atoms with E-state index in [0.717, 1.165) is 0 Å². The maximum Gasteiger partial charge on any atom is 0.330 e. The summed E-state index contributed by atoms with van der Waals surface area (Å²) < 4.78 is 9.75. The maximum absolute atomic E-state index is 9.60. The minimum Gasteiger partial charge on any atom is -0.478 e. The number of aliphatic hydroxyl groups excluding tert-OH is 2. The number of aliphatic hydroxyl groups is 2. The van der Waals surface area contributed by atoms with Gasteiger partial charge in [-0.15, -0.1) is 0 Å². The third-order valence-electron chi connectivity index (χ3n) is 2.30. The highest BCUT2D eigenvalue weighted by atomic mass is 16.5. The lowest BCUT2D eigenvalue weighted by atomic mass is 10.4. The van der Waals surface area contributed by atoms with Crippen LogP contribution in [0, 0.1) is 0 Å². The molecule has 0 rings (SSSR count). The number of ether oxygens (including phenoxy) is 2. The minimum absolute atomic E-state index is 0.0417. The van der Waals surface area contributed by atoms with Gasteiger partial charge in [0, 0.05) is 22.3 Å². The normalized spacial score (nSPS) is 8.29. The molecule has 0 unspecified atom stereocenters. The molecular weight excluding hydrogens is 456 g/mol. The van der Waals surface area contributed by atoms with Crippen LogP contribution in [-0.2, 0) is 28.7 Å². The smallest absolute Gasteiger partial charge is 0.330 e. The van der Waals surface area contributed by atoms with Crippen molar-refractivity contribution < 1.29 is 59.3 Å². The molecule has 0 amide bonds. The van der Waals surface area contributed by atoms with E-state index in [1.54, 1.807) is 0 Å². The lowest BCUT2D eigenvalue weighted by molar-refractivity contribution is -0.133. The molecule has 0 bridgehead atoms. The van der Waals surface area contributed by atoms with E-state index in [9.17, 15) is 19.2 Å². The lowest BCUT2D eigenvalue weighted by Crippen LogP contribution is -2.09. The number of carbonyl (C=O) groups is 4. The van der Waals surface area contributed by atoms with E-state index in [1.165, 1.54) is 27.7 Å². The van der Waals surface area contributed by atoms with Crippen molar-refractivity contribution in [3.8, 4) is 0 Å². The first-order valence-corrected chi connectivity index (χ1v) is 9.41. The number of aliphatic carboxylic acids is 4. The Hall–Kier alpha value is -3.32. The predicted molar refractivity (Wildman–Crippen MR) is 126 cm³/mol. The van der Waals surface area contributed by atoms with Crippen molar-refractivity contribution in [3.63, 3.8) is 0 Å². The summed E-state index contributed by atoms with van der Waals surface area (Å²) in [4.78, 5) is 38.4. The Morgan fingerprint density at radius 2 is 0.647 bits per heavy atom. The van der Waals surface area contributed by atoms with Crippen LogP contribution in [0.15, 0.2) is 48.6 Å². The number of hydrogen-bond acceptors (Lipinski definition) is 8. The molecule has 0 aromatic heterocycles. The van der Waals surface area contributed by atoms with Crippen molar-refractivity contribution in [3.05, 3.63) is 48.6 Å². The standard InChI is InChI=1S/C6H14O4.4C4H6O2/c7-1-3-9-5-6-10-4-2-8;4*1-3(2)4(5)6/h7-8H,1-6H2;4*1H2,2H3,(H,5,6). The summed E-state index contributed by atoms with van der Waals surface area (Å²) in [5.41, 5.74) is 0.704. The van der Waals surface area contributed by atoms with Crippen LogP contribution < -0.4 is 0 Å². The Bertz CT molecular complexity index is 498. The van der Waals surface area contributed by atoms with Crippen LogP contribution in [0.3, 0.4) is 0 Å². The highest BCUT2D eigenvalue weighted by Crippen LogP contribution is 1.82. The highest BCUT2D eigenvalue weighted by Gasteiger charge is 1.92. The van der Waals surface area contributed by atoms with Crippen molar-refractivity contribution in [2.75, 3.05) is 39.6 Å². The average molecular weight is 495 g/mol. The molecule has 0 saturated heterocycles. The van der Waals surface area contributed by atoms with Crippen LogP contribution in [0.4, 0.5) is 0 Å². The summed E-state index contributed by atoms with van der Waals surface area (Å²) in [6.45, 7) is 20.1. The van der Waals surface area contributed by atoms with Crippen LogP contribution >= 0.6 is 0 Å². The Kier molecular flexibility index (Phi) is 35.8. The van der Waals surface area contributed by atoms with E-state index in [1.807, 2.05) is 0 Å². The fourth-order valence-electron chi connectivity index (χ4n) is 0.451. The summed E-state index contributed by atoms with van der Waals surface area (Å²) in [7, 11) is 0. The van der Waals surface area contributed by atoms with E-state index < -0.39 is 23.9 Å². The van der Waals surface area contributed by atoms with Gasteiger partial charge in [0.15, 0.2) is 0 Å². The van der Waals surface area contributed by atoms with Gasteiger partial charge in [-0.1, -0.05) is 26.3 Å². The van der Waals surface area contributed by atoms with Crippen LogP contribution in [0.25, 0.3) is 0 Å². The number of carboxylic acid groups (broad SMARTS) is 4. The lowest BCUT2D eigenvalue weighted by Gasteiger charge is -2.01. The number of rotatable bonds is 11. The monoisotopic (exact) mass is 494 g/mol. The molecule has 0 aliphatic heterocycles. The summed E-state index contributed by atoms with van der Waals surface area (Å²) in [6, 6.07) is 0. The van der Waals surface area contributed by atoms with E-state index in [4.69, 9.17) is 40.1 Å². The van der Waals surface area contributed by atoms with Crippen molar-refractivity contribution in [2.45, 2.75) is 27.7 Å². The van der Waals surface area contributed by atoms with Gasteiger partial charge in [0.25, 0.3) is 0 Å². The zero-order valence-electron chi connectivity index (χ0n) is 20.2. The molecule has 0 heterocycles. The SMILES string of the molecule is C=C(C)C(=O)O.C=C(C)C(=O)O.C=C(C)C(=O)O.C=C(C)C(=O)O.OCCOCCOCCO. The van der Waals surface area contributed by atoms with Gasteiger partial charge in [-0.25, -0.2) is 19.2 Å². The fourth-order valence-corrected chi connectivity index (χ4v) is 0.451. The third-order valence-corrected chi connectivity index (χ3v) is 2.30. The predicted octanol–water partition coefficient (Wildman–Crippen LogP) is 1.59. The molecule has 0 radical (unpaired) electrons. The summed E-state index contributed by atoms with van der Waals surface area (Å²) >= 11 is 0. The molecule has 0 spiro atoms. The van der Waals surface area contributed by atoms with Gasteiger partial charge in [-0.3, -0.25) is 0 Å². The van der Waals surface area contributed by atoms with Gasteiger partial charge in [-0.05, 0) is 27.7 Å². The molecular formula is C22H38O12. The molecule has 0 aliphatic rings. The Labute approximate surface area is 199 Å². The quantitative estimate of drug-likeness (QED) is 0.179. The number of carboxylic acids is 4. The van der Waals surface area contributed by atoms with Crippen LogP contribution in [-0.4, -0.2) is 94.2 Å². The molecule has 0 fully saturated rings. The molecule has 6 N–H and O–H groups in total. The van der Waals surface area contributed by atoms with Gasteiger partial charge in [0.1, 0.15) is 0 Å². The van der Waals surface area contributed by atoms with Gasteiger partial charge in [0.2, 0.25) is 0 Å². The first-order valence-electron chi connectivity index (χ1n) is 9.41. The van der Waals surface area contributed by atoms with Gasteiger partial charge in [0.05, 0.1) is 39.6 Å². The average Bonchev–Trinajstić information content (AvgIpc) is 2.72. The molecule has 0 saturated carbocycles. The van der Waals surface area contributed by atoms with E-state index in [-0.39, 0.29) is 35.5 Å². The second-order valence-corrected chi connectivity index (χ2v) is 6.01. The third kappa shape index (κ3) is 56.7. The van der Waals surface area contributed by atoms with Crippen molar-refractivity contribution >= 4 is 23.9 Å². The zero-order chi connectivity index (χ0) is 28.3. The van der Waals surface area contributed by atoms with Crippen LogP contribution in [0.2, 0.25) is 0 Å². The first kappa shape index (κ1) is 41.0. The molecule has 34 heavy (non-hydrogen) atoms. The highest BCUT2D eigenvalue weighted by molar-refractivity contribution is 5.85. The molecule has 0 atom stereocenters. The molecule has 0 aliphatic carbocycles. The molecule has 12 heteroatoms. The van der Waals surface area contributed by atoms with E-state index >= 15 is 0 Å². The fraction of sp³-hybridized carbons (Fsp3) is 0.455. The second kappa shape index (κ2) is 29.7. The molecule has 198 valence electrons. The first-order chi connectivity index (χ1) is 15.5. The summed E-state index contributed by atoms with van der Waals surface area (Å²) in [5, 5.41) is 48.1. The second-order valence-electron chi connectivity index (χ2n) is 6.01. The van der Waals surface area contributed by atoms with E-state index in [2.05, 4.69) is 26.3 Å². The van der Waals surface area contributed by atoms with Crippen LogP contribution in [0.5, 0.6) is 0 Å². The van der Waals surface area contributed by atoms with E-state index in [0.29, 0.717) is 26.4 Å². The Balaban J connectivity index is -0.000000105.